The lowest BCUT2D eigenvalue weighted by molar-refractivity contribution is 0.0940. The van der Waals surface area contributed by atoms with Crippen LogP contribution in [0, 0.1) is 13.8 Å². The molecule has 1 aromatic heterocycles. The summed E-state index contributed by atoms with van der Waals surface area (Å²) in [6, 6.07) is 1.94. The highest BCUT2D eigenvalue weighted by Gasteiger charge is 2.15. The predicted molar refractivity (Wildman–Crippen MR) is 72.8 cm³/mol. The summed E-state index contributed by atoms with van der Waals surface area (Å²) in [4.78, 5) is 11.9. The number of hydrogen-bond acceptors (Lipinski definition) is 2. The summed E-state index contributed by atoms with van der Waals surface area (Å²) in [5, 5.41) is 2.87. The van der Waals surface area contributed by atoms with E-state index in [2.05, 4.69) is 16.8 Å². The number of nitrogens with two attached hydrogens (primary N) is 1. The van der Waals surface area contributed by atoms with Crippen molar-refractivity contribution in [3.63, 3.8) is 0 Å². The van der Waals surface area contributed by atoms with Gasteiger partial charge in [-0.2, -0.15) is 0 Å². The highest BCUT2D eigenvalue weighted by molar-refractivity contribution is 5.95. The molecule has 0 saturated heterocycles. The van der Waals surface area contributed by atoms with E-state index in [1.165, 1.54) is 0 Å². The van der Waals surface area contributed by atoms with Crippen LogP contribution in [0.5, 0.6) is 0 Å². The Morgan fingerprint density at radius 2 is 2.12 bits per heavy atom. The lowest BCUT2D eigenvalue weighted by atomic mass is 10.2. The number of halogens is 1. The van der Waals surface area contributed by atoms with E-state index in [0.29, 0.717) is 6.54 Å². The molecule has 0 aliphatic rings. The molecule has 0 aromatic carbocycles. The van der Waals surface area contributed by atoms with Gasteiger partial charge in [0.15, 0.2) is 0 Å². The summed E-state index contributed by atoms with van der Waals surface area (Å²) in [7, 11) is 0. The number of rotatable bonds is 4. The van der Waals surface area contributed by atoms with Gasteiger partial charge in [0, 0.05) is 30.5 Å². The van der Waals surface area contributed by atoms with Crippen molar-refractivity contribution < 1.29 is 4.79 Å². The fourth-order valence-corrected chi connectivity index (χ4v) is 1.88. The van der Waals surface area contributed by atoms with Gasteiger partial charge in [-0.25, -0.2) is 0 Å². The first-order valence-electron chi connectivity index (χ1n) is 5.68. The first-order valence-corrected chi connectivity index (χ1v) is 5.68. The zero-order valence-corrected chi connectivity index (χ0v) is 11.7. The van der Waals surface area contributed by atoms with Crippen LogP contribution < -0.4 is 11.1 Å². The summed E-state index contributed by atoms with van der Waals surface area (Å²) >= 11 is 0. The predicted octanol–water partition coefficient (Wildman–Crippen LogP) is 1.62. The third-order valence-corrected chi connectivity index (χ3v) is 2.87. The molecule has 5 heteroatoms. The minimum absolute atomic E-state index is 0. The summed E-state index contributed by atoms with van der Waals surface area (Å²) in [6.07, 6.45) is 0. The molecule has 1 aromatic rings. The summed E-state index contributed by atoms with van der Waals surface area (Å²) in [5.74, 6) is -0.0363. The van der Waals surface area contributed by atoms with Gasteiger partial charge in [-0.05, 0) is 33.8 Å². The van der Waals surface area contributed by atoms with Gasteiger partial charge >= 0.3 is 0 Å². The van der Waals surface area contributed by atoms with Crippen LogP contribution in [0.15, 0.2) is 6.07 Å². The highest BCUT2D eigenvalue weighted by Crippen LogP contribution is 2.14. The SMILES string of the molecule is CCn1c(C)cc(C(=O)N[C@@H](C)CN)c1C.Cl. The lowest BCUT2D eigenvalue weighted by Gasteiger charge is -2.11. The van der Waals surface area contributed by atoms with Gasteiger partial charge in [0.1, 0.15) is 0 Å². The fraction of sp³-hybridized carbons (Fsp3) is 0.583. The Bertz CT molecular complexity index is 387. The average molecular weight is 260 g/mol. The van der Waals surface area contributed by atoms with Crippen molar-refractivity contribution in [3.8, 4) is 0 Å². The van der Waals surface area contributed by atoms with Gasteiger partial charge in [-0.1, -0.05) is 0 Å². The Hall–Kier alpha value is -1.00. The van der Waals surface area contributed by atoms with Crippen molar-refractivity contribution in [1.82, 2.24) is 9.88 Å². The molecule has 3 N–H and O–H groups in total. The largest absolute Gasteiger partial charge is 0.349 e. The third-order valence-electron chi connectivity index (χ3n) is 2.87. The zero-order valence-electron chi connectivity index (χ0n) is 10.9. The highest BCUT2D eigenvalue weighted by atomic mass is 35.5. The molecule has 0 bridgehead atoms. The fourth-order valence-electron chi connectivity index (χ4n) is 1.88. The third kappa shape index (κ3) is 3.48. The molecule has 98 valence electrons. The Kier molecular flexibility index (Phi) is 6.27. The lowest BCUT2D eigenvalue weighted by Crippen LogP contribution is -2.37. The molecule has 0 radical (unpaired) electrons. The van der Waals surface area contributed by atoms with Crippen molar-refractivity contribution in [2.24, 2.45) is 5.73 Å². The zero-order chi connectivity index (χ0) is 12.3. The topological polar surface area (TPSA) is 60.0 Å². The van der Waals surface area contributed by atoms with Gasteiger partial charge < -0.3 is 15.6 Å². The number of carbonyl (C=O) groups excluding carboxylic acids is 1. The molecule has 0 spiro atoms. The van der Waals surface area contributed by atoms with Crippen molar-refractivity contribution >= 4 is 18.3 Å². The molecule has 1 atom stereocenters. The summed E-state index contributed by atoms with van der Waals surface area (Å²) in [5.41, 5.74) is 8.36. The van der Waals surface area contributed by atoms with E-state index >= 15 is 0 Å². The van der Waals surface area contributed by atoms with Crippen LogP contribution in [-0.4, -0.2) is 23.1 Å². The van der Waals surface area contributed by atoms with E-state index < -0.39 is 0 Å². The number of aryl methyl sites for hydroxylation is 1. The second-order valence-electron chi connectivity index (χ2n) is 4.14. The molecule has 1 heterocycles. The van der Waals surface area contributed by atoms with Crippen LogP contribution in [-0.2, 0) is 6.54 Å². The van der Waals surface area contributed by atoms with Crippen LogP contribution in [0.2, 0.25) is 0 Å². The van der Waals surface area contributed by atoms with Crippen LogP contribution >= 0.6 is 12.4 Å². The first-order chi connectivity index (χ1) is 7.51. The summed E-state index contributed by atoms with van der Waals surface area (Å²) < 4.78 is 2.13. The molecule has 1 rings (SSSR count). The molecule has 17 heavy (non-hydrogen) atoms. The Morgan fingerprint density at radius 3 is 2.53 bits per heavy atom. The van der Waals surface area contributed by atoms with Crippen LogP contribution in [0.4, 0.5) is 0 Å². The Balaban J connectivity index is 0.00000256. The average Bonchev–Trinajstić information content (AvgIpc) is 2.53. The van der Waals surface area contributed by atoms with E-state index in [1.807, 2.05) is 26.8 Å². The van der Waals surface area contributed by atoms with Crippen molar-refractivity contribution in [2.75, 3.05) is 6.54 Å². The number of nitrogens with zero attached hydrogens (tertiary/aromatic N) is 1. The number of amides is 1. The van der Waals surface area contributed by atoms with Crippen molar-refractivity contribution in [2.45, 2.75) is 40.3 Å². The maximum atomic E-state index is 11.9. The summed E-state index contributed by atoms with van der Waals surface area (Å²) in [6.45, 7) is 9.30. The number of nitrogens with one attached hydrogen (secondary N) is 1. The van der Waals surface area contributed by atoms with Crippen molar-refractivity contribution in [3.05, 3.63) is 23.0 Å². The van der Waals surface area contributed by atoms with Crippen LogP contribution in [0.1, 0.15) is 35.6 Å². The number of hydrogen-bond donors (Lipinski definition) is 2. The van der Waals surface area contributed by atoms with Gasteiger partial charge in [0.2, 0.25) is 0 Å². The van der Waals surface area contributed by atoms with Gasteiger partial charge in [0.05, 0.1) is 5.56 Å². The van der Waals surface area contributed by atoms with Gasteiger partial charge in [-0.3, -0.25) is 4.79 Å². The van der Waals surface area contributed by atoms with E-state index in [-0.39, 0.29) is 24.4 Å². The van der Waals surface area contributed by atoms with E-state index in [9.17, 15) is 4.79 Å². The van der Waals surface area contributed by atoms with E-state index in [1.54, 1.807) is 0 Å². The van der Waals surface area contributed by atoms with Crippen molar-refractivity contribution in [1.29, 1.82) is 0 Å². The number of carbonyl (C=O) groups is 1. The molecule has 0 saturated carbocycles. The minimum atomic E-state index is -0.0363. The molecule has 1 amide bonds. The smallest absolute Gasteiger partial charge is 0.253 e. The monoisotopic (exact) mass is 259 g/mol. The Labute approximate surface area is 109 Å². The molecule has 0 aliphatic heterocycles. The van der Waals surface area contributed by atoms with Crippen LogP contribution in [0.3, 0.4) is 0 Å². The van der Waals surface area contributed by atoms with Crippen LogP contribution in [0.25, 0.3) is 0 Å². The second-order valence-corrected chi connectivity index (χ2v) is 4.14. The first kappa shape index (κ1) is 16.0. The molecular weight excluding hydrogens is 238 g/mol. The minimum Gasteiger partial charge on any atom is -0.349 e. The molecule has 0 aliphatic carbocycles. The standard InChI is InChI=1S/C12H21N3O.ClH/c1-5-15-9(3)6-11(10(15)4)12(16)14-8(2)7-13;/h6,8H,5,7,13H2,1-4H3,(H,14,16);1H/t8-;/m0./s1. The molecule has 0 unspecified atom stereocenters. The number of aromatic nitrogens is 1. The van der Waals surface area contributed by atoms with E-state index in [4.69, 9.17) is 5.73 Å². The second kappa shape index (κ2) is 6.67. The normalized spacial score (nSPS) is 11.8. The van der Waals surface area contributed by atoms with E-state index in [0.717, 1.165) is 23.5 Å². The molecule has 4 nitrogen and oxygen atoms in total. The molecular formula is C12H22ClN3O. The Morgan fingerprint density at radius 1 is 1.53 bits per heavy atom. The molecule has 0 fully saturated rings. The maximum Gasteiger partial charge on any atom is 0.253 e. The van der Waals surface area contributed by atoms with Gasteiger partial charge in [-0.15, -0.1) is 12.4 Å². The maximum absolute atomic E-state index is 11.9. The quantitative estimate of drug-likeness (QED) is 0.863. The van der Waals surface area contributed by atoms with Gasteiger partial charge in [0.25, 0.3) is 5.91 Å².